The molecule has 1 amide bonds. The lowest BCUT2D eigenvalue weighted by Crippen LogP contribution is -2.33. The number of carbonyl (C=O) groups excluding carboxylic acids is 1. The predicted octanol–water partition coefficient (Wildman–Crippen LogP) is 2.30. The molecular formula is C12H18N2O2. The van der Waals surface area contributed by atoms with Crippen molar-refractivity contribution in [3.05, 3.63) is 17.5 Å². The summed E-state index contributed by atoms with van der Waals surface area (Å²) in [7, 11) is 0. The quantitative estimate of drug-likeness (QED) is 0.771. The van der Waals surface area contributed by atoms with Crippen molar-refractivity contribution in [1.82, 2.24) is 10.1 Å². The Morgan fingerprint density at radius 2 is 2.38 bits per heavy atom. The molecule has 0 saturated carbocycles. The maximum atomic E-state index is 12.0. The molecule has 0 aliphatic carbocycles. The van der Waals surface area contributed by atoms with Gasteiger partial charge in [-0.3, -0.25) is 4.79 Å². The van der Waals surface area contributed by atoms with Gasteiger partial charge in [0.2, 0.25) is 5.91 Å². The Kier molecular flexibility index (Phi) is 2.99. The van der Waals surface area contributed by atoms with Gasteiger partial charge in [0.05, 0.1) is 6.04 Å². The maximum absolute atomic E-state index is 12.0. The topological polar surface area (TPSA) is 46.3 Å². The van der Waals surface area contributed by atoms with Crippen molar-refractivity contribution >= 4 is 5.91 Å². The molecule has 1 aromatic heterocycles. The summed E-state index contributed by atoms with van der Waals surface area (Å²) in [5.74, 6) is 1.07. The second-order valence-electron chi connectivity index (χ2n) is 4.71. The van der Waals surface area contributed by atoms with E-state index in [-0.39, 0.29) is 17.9 Å². The summed E-state index contributed by atoms with van der Waals surface area (Å²) < 4.78 is 5.08. The van der Waals surface area contributed by atoms with E-state index in [4.69, 9.17) is 4.52 Å². The van der Waals surface area contributed by atoms with Crippen LogP contribution in [-0.2, 0) is 4.79 Å². The van der Waals surface area contributed by atoms with Crippen molar-refractivity contribution in [1.29, 1.82) is 0 Å². The molecule has 0 N–H and O–H groups in total. The minimum Gasteiger partial charge on any atom is -0.361 e. The Balaban J connectivity index is 2.18. The van der Waals surface area contributed by atoms with E-state index in [9.17, 15) is 4.79 Å². The second-order valence-corrected chi connectivity index (χ2v) is 4.71. The van der Waals surface area contributed by atoms with Crippen LogP contribution in [0.15, 0.2) is 10.6 Å². The number of aryl methyl sites for hydroxylation is 1. The molecule has 1 fully saturated rings. The first-order valence-electron chi connectivity index (χ1n) is 5.83. The van der Waals surface area contributed by atoms with Crippen LogP contribution in [0.1, 0.15) is 44.2 Å². The Morgan fingerprint density at radius 1 is 1.62 bits per heavy atom. The Morgan fingerprint density at radius 3 is 2.94 bits per heavy atom. The van der Waals surface area contributed by atoms with Gasteiger partial charge in [0.1, 0.15) is 11.5 Å². The van der Waals surface area contributed by atoms with Gasteiger partial charge in [-0.2, -0.15) is 0 Å². The number of nitrogens with zero attached hydrogens (tertiary/aromatic N) is 2. The highest BCUT2D eigenvalue weighted by Crippen LogP contribution is 2.32. The molecule has 4 heteroatoms. The van der Waals surface area contributed by atoms with E-state index in [1.54, 1.807) is 0 Å². The van der Waals surface area contributed by atoms with Crippen molar-refractivity contribution in [2.45, 2.75) is 39.7 Å². The molecule has 1 aliphatic rings. The van der Waals surface area contributed by atoms with E-state index >= 15 is 0 Å². The molecule has 2 heterocycles. The summed E-state index contributed by atoms with van der Waals surface area (Å²) in [6, 6.07) is 2.05. The maximum Gasteiger partial charge on any atom is 0.225 e. The molecule has 1 unspecified atom stereocenters. The average Bonchev–Trinajstić information content (AvgIpc) is 2.83. The first-order valence-corrected chi connectivity index (χ1v) is 5.83. The molecule has 88 valence electrons. The molecule has 0 aromatic carbocycles. The van der Waals surface area contributed by atoms with E-state index in [0.29, 0.717) is 0 Å². The zero-order chi connectivity index (χ0) is 11.7. The van der Waals surface area contributed by atoms with Crippen LogP contribution < -0.4 is 0 Å². The van der Waals surface area contributed by atoms with Crippen molar-refractivity contribution in [2.24, 2.45) is 5.92 Å². The predicted molar refractivity (Wildman–Crippen MR) is 59.8 cm³/mol. The third-order valence-electron chi connectivity index (χ3n) is 3.02. The minimum absolute atomic E-state index is 0.0496. The van der Waals surface area contributed by atoms with Crippen LogP contribution in [0, 0.1) is 12.8 Å². The molecule has 0 bridgehead atoms. The number of aromatic nitrogens is 1. The standard InChI is InChI=1S/C12H18N2O2/c1-8(2)12(15)14-6-4-5-11(14)10-7-9(3)16-13-10/h7-8,11H,4-6H2,1-3H3. The molecule has 2 rings (SSSR count). The Labute approximate surface area is 95.6 Å². The highest BCUT2D eigenvalue weighted by atomic mass is 16.5. The molecule has 4 nitrogen and oxygen atoms in total. The van der Waals surface area contributed by atoms with Crippen molar-refractivity contribution in [2.75, 3.05) is 6.54 Å². The van der Waals surface area contributed by atoms with Crippen LogP contribution in [0.2, 0.25) is 0 Å². The summed E-state index contributed by atoms with van der Waals surface area (Å²) in [6.07, 6.45) is 2.04. The smallest absolute Gasteiger partial charge is 0.225 e. The lowest BCUT2D eigenvalue weighted by atomic mass is 10.1. The molecule has 16 heavy (non-hydrogen) atoms. The summed E-state index contributed by atoms with van der Waals surface area (Å²) in [6.45, 7) is 6.59. The van der Waals surface area contributed by atoms with Crippen molar-refractivity contribution in [3.63, 3.8) is 0 Å². The number of likely N-dealkylation sites (tertiary alicyclic amines) is 1. The summed E-state index contributed by atoms with van der Waals surface area (Å²) >= 11 is 0. The molecule has 1 atom stereocenters. The SMILES string of the molecule is Cc1cc(C2CCCN2C(=O)C(C)C)no1. The molecule has 1 aliphatic heterocycles. The number of amides is 1. The van der Waals surface area contributed by atoms with Crippen molar-refractivity contribution in [3.8, 4) is 0 Å². The lowest BCUT2D eigenvalue weighted by Gasteiger charge is -2.24. The molecule has 0 radical (unpaired) electrons. The van der Waals surface area contributed by atoms with Gasteiger partial charge in [0.15, 0.2) is 0 Å². The van der Waals surface area contributed by atoms with Gasteiger partial charge in [-0.15, -0.1) is 0 Å². The molecule has 0 spiro atoms. The molecule has 1 aromatic rings. The van der Waals surface area contributed by atoms with Crippen LogP contribution >= 0.6 is 0 Å². The number of hydrogen-bond donors (Lipinski definition) is 0. The van der Waals surface area contributed by atoms with Crippen LogP contribution in [0.4, 0.5) is 0 Å². The van der Waals surface area contributed by atoms with Crippen LogP contribution in [0.3, 0.4) is 0 Å². The third-order valence-corrected chi connectivity index (χ3v) is 3.02. The minimum atomic E-state index is 0.0496. The summed E-state index contributed by atoms with van der Waals surface area (Å²) in [4.78, 5) is 13.9. The molecular weight excluding hydrogens is 204 g/mol. The van der Waals surface area contributed by atoms with Crippen LogP contribution in [0.5, 0.6) is 0 Å². The van der Waals surface area contributed by atoms with Gasteiger partial charge in [-0.25, -0.2) is 0 Å². The second kappa shape index (κ2) is 4.28. The monoisotopic (exact) mass is 222 g/mol. The average molecular weight is 222 g/mol. The van der Waals surface area contributed by atoms with Gasteiger partial charge < -0.3 is 9.42 Å². The van der Waals surface area contributed by atoms with E-state index in [1.807, 2.05) is 31.7 Å². The van der Waals surface area contributed by atoms with Gasteiger partial charge >= 0.3 is 0 Å². The fourth-order valence-corrected chi connectivity index (χ4v) is 2.21. The first-order chi connectivity index (χ1) is 7.59. The van der Waals surface area contributed by atoms with E-state index in [1.165, 1.54) is 0 Å². The van der Waals surface area contributed by atoms with E-state index < -0.39 is 0 Å². The highest BCUT2D eigenvalue weighted by Gasteiger charge is 2.32. The number of rotatable bonds is 2. The van der Waals surface area contributed by atoms with Crippen LogP contribution in [0.25, 0.3) is 0 Å². The third kappa shape index (κ3) is 1.96. The zero-order valence-corrected chi connectivity index (χ0v) is 10.1. The summed E-state index contributed by atoms with van der Waals surface area (Å²) in [5.41, 5.74) is 0.893. The number of hydrogen-bond acceptors (Lipinski definition) is 3. The fraction of sp³-hybridized carbons (Fsp3) is 0.667. The highest BCUT2D eigenvalue weighted by molar-refractivity contribution is 5.78. The normalized spacial score (nSPS) is 20.8. The Bertz CT molecular complexity index is 384. The lowest BCUT2D eigenvalue weighted by molar-refractivity contribution is -0.135. The van der Waals surface area contributed by atoms with Gasteiger partial charge in [-0.1, -0.05) is 19.0 Å². The van der Waals surface area contributed by atoms with E-state index in [0.717, 1.165) is 30.8 Å². The zero-order valence-electron chi connectivity index (χ0n) is 10.1. The summed E-state index contributed by atoms with van der Waals surface area (Å²) in [5, 5.41) is 4.02. The van der Waals surface area contributed by atoms with Gasteiger partial charge in [-0.05, 0) is 19.8 Å². The van der Waals surface area contributed by atoms with Gasteiger partial charge in [0, 0.05) is 18.5 Å². The largest absolute Gasteiger partial charge is 0.361 e. The fourth-order valence-electron chi connectivity index (χ4n) is 2.21. The first kappa shape index (κ1) is 11.2. The van der Waals surface area contributed by atoms with Crippen molar-refractivity contribution < 1.29 is 9.32 Å². The Hall–Kier alpha value is -1.32. The number of carbonyl (C=O) groups is 1. The van der Waals surface area contributed by atoms with Gasteiger partial charge in [0.25, 0.3) is 0 Å². The van der Waals surface area contributed by atoms with Crippen LogP contribution in [-0.4, -0.2) is 22.5 Å². The van der Waals surface area contributed by atoms with E-state index in [2.05, 4.69) is 5.16 Å². The molecule has 1 saturated heterocycles.